The fourth-order valence-electron chi connectivity index (χ4n) is 1.61. The first-order valence-corrected chi connectivity index (χ1v) is 6.56. The standard InChI is InChI=1S/C14H11BrFN3O/c1-20-12-5-2-9(8-19-12)7-18-11-4-3-10(6-17)13(15)14(11)16/h2-5,8,18H,7H2,1H3. The van der Waals surface area contributed by atoms with E-state index >= 15 is 0 Å². The first-order valence-electron chi connectivity index (χ1n) is 5.76. The molecule has 0 saturated carbocycles. The maximum atomic E-state index is 14.0. The van der Waals surface area contributed by atoms with E-state index in [-0.39, 0.29) is 10.0 Å². The van der Waals surface area contributed by atoms with E-state index in [4.69, 9.17) is 10.00 Å². The fourth-order valence-corrected chi connectivity index (χ4v) is 2.04. The predicted octanol–water partition coefficient (Wildman–Crippen LogP) is 3.48. The monoisotopic (exact) mass is 335 g/mol. The quantitative estimate of drug-likeness (QED) is 0.929. The molecule has 0 saturated heterocycles. The van der Waals surface area contributed by atoms with E-state index in [1.807, 2.05) is 12.1 Å². The lowest BCUT2D eigenvalue weighted by molar-refractivity contribution is 0.397. The van der Waals surface area contributed by atoms with Gasteiger partial charge in [0, 0.05) is 18.8 Å². The molecule has 102 valence electrons. The van der Waals surface area contributed by atoms with Crippen LogP contribution in [-0.2, 0) is 6.54 Å². The number of hydrogen-bond donors (Lipinski definition) is 1. The molecule has 20 heavy (non-hydrogen) atoms. The van der Waals surface area contributed by atoms with Gasteiger partial charge in [0.2, 0.25) is 5.88 Å². The van der Waals surface area contributed by atoms with Crippen LogP contribution in [0.5, 0.6) is 5.88 Å². The number of ether oxygens (including phenoxy) is 1. The van der Waals surface area contributed by atoms with Crippen molar-refractivity contribution >= 4 is 21.6 Å². The van der Waals surface area contributed by atoms with Gasteiger partial charge in [-0.15, -0.1) is 0 Å². The third-order valence-electron chi connectivity index (χ3n) is 2.69. The van der Waals surface area contributed by atoms with Crippen molar-refractivity contribution in [3.8, 4) is 11.9 Å². The van der Waals surface area contributed by atoms with Crippen molar-refractivity contribution in [2.45, 2.75) is 6.54 Å². The molecule has 1 aromatic carbocycles. The van der Waals surface area contributed by atoms with Crippen LogP contribution in [0.1, 0.15) is 11.1 Å². The number of nitrogens with one attached hydrogen (secondary N) is 1. The Labute approximate surface area is 124 Å². The Kier molecular flexibility index (Phi) is 4.53. The Balaban J connectivity index is 2.11. The zero-order valence-electron chi connectivity index (χ0n) is 10.7. The summed E-state index contributed by atoms with van der Waals surface area (Å²) in [6.07, 6.45) is 1.66. The summed E-state index contributed by atoms with van der Waals surface area (Å²) < 4.78 is 19.1. The van der Waals surface area contributed by atoms with Crippen LogP contribution in [0.3, 0.4) is 0 Å². The minimum absolute atomic E-state index is 0.165. The predicted molar refractivity (Wildman–Crippen MR) is 76.9 cm³/mol. The molecule has 1 heterocycles. The highest BCUT2D eigenvalue weighted by molar-refractivity contribution is 9.10. The van der Waals surface area contributed by atoms with Crippen LogP contribution in [0.2, 0.25) is 0 Å². The van der Waals surface area contributed by atoms with Crippen molar-refractivity contribution in [1.82, 2.24) is 4.98 Å². The number of halogens is 2. The van der Waals surface area contributed by atoms with Gasteiger partial charge in [0.15, 0.2) is 5.82 Å². The summed E-state index contributed by atoms with van der Waals surface area (Å²) in [7, 11) is 1.55. The van der Waals surface area contributed by atoms with Crippen molar-refractivity contribution in [1.29, 1.82) is 5.26 Å². The summed E-state index contributed by atoms with van der Waals surface area (Å²) in [4.78, 5) is 4.07. The van der Waals surface area contributed by atoms with Crippen LogP contribution in [0.4, 0.5) is 10.1 Å². The summed E-state index contributed by atoms with van der Waals surface area (Å²) in [6, 6.07) is 8.59. The lowest BCUT2D eigenvalue weighted by atomic mass is 10.2. The number of anilines is 1. The number of rotatable bonds is 4. The topological polar surface area (TPSA) is 57.9 Å². The summed E-state index contributed by atoms with van der Waals surface area (Å²) >= 11 is 3.07. The third-order valence-corrected chi connectivity index (χ3v) is 3.47. The maximum Gasteiger partial charge on any atom is 0.212 e. The van der Waals surface area contributed by atoms with Crippen LogP contribution >= 0.6 is 15.9 Å². The number of pyridine rings is 1. The van der Waals surface area contributed by atoms with Crippen LogP contribution < -0.4 is 10.1 Å². The Morgan fingerprint density at radius 1 is 1.40 bits per heavy atom. The van der Waals surface area contributed by atoms with Gasteiger partial charge in [0.05, 0.1) is 22.8 Å². The van der Waals surface area contributed by atoms with Gasteiger partial charge in [-0.25, -0.2) is 9.37 Å². The largest absolute Gasteiger partial charge is 0.481 e. The van der Waals surface area contributed by atoms with Gasteiger partial charge in [-0.3, -0.25) is 0 Å². The minimum Gasteiger partial charge on any atom is -0.481 e. The Morgan fingerprint density at radius 3 is 2.80 bits per heavy atom. The van der Waals surface area contributed by atoms with E-state index in [9.17, 15) is 4.39 Å². The summed E-state index contributed by atoms with van der Waals surface area (Å²) in [5.41, 5.74) is 1.48. The molecule has 0 bridgehead atoms. The Bertz CT molecular complexity index is 653. The van der Waals surface area contributed by atoms with Gasteiger partial charge in [-0.05, 0) is 33.6 Å². The zero-order chi connectivity index (χ0) is 14.5. The van der Waals surface area contributed by atoms with Crippen molar-refractivity contribution in [2.75, 3.05) is 12.4 Å². The van der Waals surface area contributed by atoms with Crippen molar-refractivity contribution < 1.29 is 9.13 Å². The molecule has 0 aliphatic carbocycles. The molecule has 0 aliphatic rings. The first-order chi connectivity index (χ1) is 9.65. The van der Waals surface area contributed by atoms with Gasteiger partial charge < -0.3 is 10.1 Å². The van der Waals surface area contributed by atoms with Crippen molar-refractivity contribution in [3.05, 3.63) is 51.9 Å². The number of methoxy groups -OCH3 is 1. The van der Waals surface area contributed by atoms with Gasteiger partial charge in [0.1, 0.15) is 6.07 Å². The van der Waals surface area contributed by atoms with Crippen LogP contribution in [0, 0.1) is 17.1 Å². The van der Waals surface area contributed by atoms with Gasteiger partial charge in [0.25, 0.3) is 0 Å². The molecule has 2 aromatic rings. The normalized spacial score (nSPS) is 9.90. The van der Waals surface area contributed by atoms with E-state index in [1.54, 1.807) is 25.4 Å². The Morgan fingerprint density at radius 2 is 2.20 bits per heavy atom. The van der Waals surface area contributed by atoms with E-state index in [1.165, 1.54) is 6.07 Å². The summed E-state index contributed by atoms with van der Waals surface area (Å²) in [5.74, 6) is 0.0477. The lowest BCUT2D eigenvalue weighted by Crippen LogP contribution is -2.03. The average Bonchev–Trinajstić information content (AvgIpc) is 2.49. The molecule has 0 fully saturated rings. The van der Waals surface area contributed by atoms with Gasteiger partial charge in [-0.1, -0.05) is 6.07 Å². The molecule has 0 atom stereocenters. The summed E-state index contributed by atoms with van der Waals surface area (Å²) in [5, 5.41) is 11.8. The van der Waals surface area contributed by atoms with E-state index in [0.29, 0.717) is 18.1 Å². The minimum atomic E-state index is -0.481. The van der Waals surface area contributed by atoms with E-state index < -0.39 is 5.82 Å². The number of nitrogens with zero attached hydrogens (tertiary/aromatic N) is 2. The molecule has 0 unspecified atom stereocenters. The molecule has 4 nitrogen and oxygen atoms in total. The SMILES string of the molecule is COc1ccc(CNc2ccc(C#N)c(Br)c2F)cn1. The maximum absolute atomic E-state index is 14.0. The molecular formula is C14H11BrFN3O. The van der Waals surface area contributed by atoms with E-state index in [0.717, 1.165) is 5.56 Å². The van der Waals surface area contributed by atoms with Gasteiger partial charge in [-0.2, -0.15) is 5.26 Å². The zero-order valence-corrected chi connectivity index (χ0v) is 12.2. The number of hydrogen-bond acceptors (Lipinski definition) is 4. The van der Waals surface area contributed by atoms with Crippen LogP contribution in [-0.4, -0.2) is 12.1 Å². The lowest BCUT2D eigenvalue weighted by Gasteiger charge is -2.09. The molecular weight excluding hydrogens is 325 g/mol. The number of benzene rings is 1. The number of nitriles is 1. The third kappa shape index (κ3) is 3.06. The molecule has 2 rings (SSSR count). The Hall–Kier alpha value is -2.13. The average molecular weight is 336 g/mol. The van der Waals surface area contributed by atoms with Crippen LogP contribution in [0.15, 0.2) is 34.9 Å². The van der Waals surface area contributed by atoms with E-state index in [2.05, 4.69) is 26.2 Å². The molecule has 1 aromatic heterocycles. The molecule has 6 heteroatoms. The fraction of sp³-hybridized carbons (Fsp3) is 0.143. The highest BCUT2D eigenvalue weighted by atomic mass is 79.9. The molecule has 0 spiro atoms. The highest BCUT2D eigenvalue weighted by Gasteiger charge is 2.10. The summed E-state index contributed by atoms with van der Waals surface area (Å²) in [6.45, 7) is 0.423. The second kappa shape index (κ2) is 6.35. The molecule has 0 amide bonds. The smallest absolute Gasteiger partial charge is 0.212 e. The molecule has 0 radical (unpaired) electrons. The molecule has 0 aliphatic heterocycles. The molecule has 1 N–H and O–H groups in total. The first kappa shape index (κ1) is 14.3. The van der Waals surface area contributed by atoms with Crippen molar-refractivity contribution in [3.63, 3.8) is 0 Å². The highest BCUT2D eigenvalue weighted by Crippen LogP contribution is 2.26. The van der Waals surface area contributed by atoms with Gasteiger partial charge >= 0.3 is 0 Å². The second-order valence-electron chi connectivity index (χ2n) is 3.96. The van der Waals surface area contributed by atoms with Crippen molar-refractivity contribution in [2.24, 2.45) is 0 Å². The van der Waals surface area contributed by atoms with Crippen LogP contribution in [0.25, 0.3) is 0 Å². The number of aromatic nitrogens is 1. The second-order valence-corrected chi connectivity index (χ2v) is 4.76.